The number of nitrogens with one attached hydrogen (secondary N) is 1. The van der Waals surface area contributed by atoms with Gasteiger partial charge in [0.25, 0.3) is 0 Å². The fourth-order valence-electron chi connectivity index (χ4n) is 1.98. The van der Waals surface area contributed by atoms with Crippen LogP contribution in [0.1, 0.15) is 13.8 Å². The highest BCUT2D eigenvalue weighted by molar-refractivity contribution is 7.09. The second-order valence-electron chi connectivity index (χ2n) is 5.15. The van der Waals surface area contributed by atoms with E-state index in [0.717, 1.165) is 5.75 Å². The minimum absolute atomic E-state index is 0.110. The molecule has 124 valence electrons. The zero-order chi connectivity index (χ0) is 16.9. The van der Waals surface area contributed by atoms with E-state index in [1.807, 2.05) is 32.0 Å². The lowest BCUT2D eigenvalue weighted by molar-refractivity contribution is 0.241. The predicted molar refractivity (Wildman–Crippen MR) is 93.0 cm³/mol. The molecule has 24 heavy (non-hydrogen) atoms. The summed E-state index contributed by atoms with van der Waals surface area (Å²) in [5.74, 6) is 2.51. The van der Waals surface area contributed by atoms with E-state index in [4.69, 9.17) is 9.47 Å². The molecule has 0 radical (unpaired) electrons. The Hall–Kier alpha value is -2.74. The third-order valence-electron chi connectivity index (χ3n) is 2.98. The van der Waals surface area contributed by atoms with Crippen LogP contribution in [0.5, 0.6) is 11.5 Å². The maximum Gasteiger partial charge on any atom is 0.208 e. The molecule has 0 aliphatic carbocycles. The van der Waals surface area contributed by atoms with Gasteiger partial charge >= 0.3 is 0 Å². The summed E-state index contributed by atoms with van der Waals surface area (Å²) < 4.78 is 15.2. The quantitative estimate of drug-likeness (QED) is 0.733. The Balaban J connectivity index is 1.75. The van der Waals surface area contributed by atoms with E-state index in [0.29, 0.717) is 28.2 Å². The van der Waals surface area contributed by atoms with Gasteiger partial charge in [0.1, 0.15) is 11.4 Å². The maximum absolute atomic E-state index is 5.58. The molecule has 0 aliphatic rings. The van der Waals surface area contributed by atoms with E-state index in [9.17, 15) is 0 Å². The molecular formula is C16H17N5O2S. The monoisotopic (exact) mass is 343 g/mol. The van der Waals surface area contributed by atoms with Gasteiger partial charge in [0, 0.05) is 17.7 Å². The number of hydrogen-bond acceptors (Lipinski definition) is 8. The number of methoxy groups -OCH3 is 1. The number of aromatic nitrogens is 4. The molecule has 0 spiro atoms. The molecule has 0 fully saturated rings. The number of anilines is 2. The molecule has 7 nitrogen and oxygen atoms in total. The third-order valence-corrected chi connectivity index (χ3v) is 3.61. The molecule has 0 atom stereocenters. The Bertz CT molecular complexity index is 804. The van der Waals surface area contributed by atoms with Gasteiger partial charge in [0.15, 0.2) is 17.4 Å². The zero-order valence-electron chi connectivity index (χ0n) is 13.6. The number of ether oxygens (including phenoxy) is 2. The smallest absolute Gasteiger partial charge is 0.208 e. The zero-order valence-corrected chi connectivity index (χ0v) is 14.4. The summed E-state index contributed by atoms with van der Waals surface area (Å²) in [6, 6.07) is 7.33. The lowest BCUT2D eigenvalue weighted by Crippen LogP contribution is -2.05. The average molecular weight is 343 g/mol. The summed E-state index contributed by atoms with van der Waals surface area (Å²) in [4.78, 5) is 13.0. The van der Waals surface area contributed by atoms with Gasteiger partial charge in [-0.1, -0.05) is 0 Å². The van der Waals surface area contributed by atoms with Crippen LogP contribution in [-0.2, 0) is 0 Å². The number of hydrogen-bond donors (Lipinski definition) is 1. The highest BCUT2D eigenvalue weighted by atomic mass is 32.1. The van der Waals surface area contributed by atoms with Crippen LogP contribution in [-0.4, -0.2) is 32.5 Å². The summed E-state index contributed by atoms with van der Waals surface area (Å²) in [5, 5.41) is 3.72. The molecule has 3 aromatic heterocycles. The Kier molecular flexibility index (Phi) is 4.85. The van der Waals surface area contributed by atoms with E-state index >= 15 is 0 Å². The van der Waals surface area contributed by atoms with Gasteiger partial charge in [0.05, 0.1) is 19.4 Å². The van der Waals surface area contributed by atoms with Crippen molar-refractivity contribution in [1.29, 1.82) is 0 Å². The minimum atomic E-state index is 0.110. The first-order valence-electron chi connectivity index (χ1n) is 7.38. The van der Waals surface area contributed by atoms with Crippen molar-refractivity contribution in [1.82, 2.24) is 19.3 Å². The van der Waals surface area contributed by atoms with Gasteiger partial charge in [-0.25, -0.2) is 9.97 Å². The van der Waals surface area contributed by atoms with Gasteiger partial charge in [0.2, 0.25) is 5.13 Å². The second-order valence-corrected chi connectivity index (χ2v) is 5.90. The second kappa shape index (κ2) is 7.22. The van der Waals surface area contributed by atoms with Crippen LogP contribution in [0.25, 0.3) is 11.5 Å². The summed E-state index contributed by atoms with van der Waals surface area (Å²) in [5.41, 5.74) is 0.684. The molecule has 0 bridgehead atoms. The molecule has 8 heteroatoms. The van der Waals surface area contributed by atoms with Gasteiger partial charge in [-0.15, -0.1) is 0 Å². The highest BCUT2D eigenvalue weighted by Crippen LogP contribution is 2.27. The Labute approximate surface area is 143 Å². The first kappa shape index (κ1) is 16.1. The molecule has 1 N–H and O–H groups in total. The van der Waals surface area contributed by atoms with Crippen LogP contribution in [0.15, 0.2) is 36.7 Å². The molecule has 0 unspecified atom stereocenters. The van der Waals surface area contributed by atoms with Crippen LogP contribution < -0.4 is 14.8 Å². The van der Waals surface area contributed by atoms with Gasteiger partial charge < -0.3 is 14.8 Å². The van der Waals surface area contributed by atoms with Crippen molar-refractivity contribution in [2.45, 2.75) is 20.0 Å². The largest absolute Gasteiger partial charge is 0.493 e. The van der Waals surface area contributed by atoms with E-state index in [-0.39, 0.29) is 6.10 Å². The molecule has 0 saturated heterocycles. The molecule has 0 aliphatic heterocycles. The van der Waals surface area contributed by atoms with Crippen molar-refractivity contribution >= 4 is 22.5 Å². The van der Waals surface area contributed by atoms with E-state index in [1.165, 1.54) is 11.5 Å². The molecule has 3 rings (SSSR count). The van der Waals surface area contributed by atoms with Crippen LogP contribution in [0.4, 0.5) is 10.9 Å². The van der Waals surface area contributed by atoms with Crippen LogP contribution >= 0.6 is 11.5 Å². The number of pyridine rings is 2. The van der Waals surface area contributed by atoms with Crippen molar-refractivity contribution in [3.8, 4) is 23.0 Å². The Morgan fingerprint density at radius 2 is 2.04 bits per heavy atom. The molecular weight excluding hydrogens is 326 g/mol. The fraction of sp³-hybridized carbons (Fsp3) is 0.250. The van der Waals surface area contributed by atoms with E-state index in [2.05, 4.69) is 24.6 Å². The first-order chi connectivity index (χ1) is 11.7. The molecule has 0 saturated carbocycles. The lowest BCUT2D eigenvalue weighted by Gasteiger charge is -2.08. The molecule has 0 aromatic carbocycles. The normalized spacial score (nSPS) is 10.7. The minimum Gasteiger partial charge on any atom is -0.493 e. The Morgan fingerprint density at radius 3 is 2.75 bits per heavy atom. The maximum atomic E-state index is 5.58. The SMILES string of the molecule is COc1cccnc1Nc1nc(-c2ccc(OC(C)C)cn2)ns1. The summed E-state index contributed by atoms with van der Waals surface area (Å²) in [6.07, 6.45) is 3.46. The van der Waals surface area contributed by atoms with Crippen LogP contribution in [0.2, 0.25) is 0 Å². The van der Waals surface area contributed by atoms with Crippen molar-refractivity contribution in [3.05, 3.63) is 36.7 Å². The summed E-state index contributed by atoms with van der Waals surface area (Å²) in [6.45, 7) is 3.94. The van der Waals surface area contributed by atoms with Crippen molar-refractivity contribution in [2.75, 3.05) is 12.4 Å². The van der Waals surface area contributed by atoms with E-state index in [1.54, 1.807) is 25.6 Å². The van der Waals surface area contributed by atoms with Gasteiger partial charge in [-0.05, 0) is 38.1 Å². The number of nitrogens with zero attached hydrogens (tertiary/aromatic N) is 4. The topological polar surface area (TPSA) is 82.0 Å². The average Bonchev–Trinajstić information content (AvgIpc) is 3.04. The van der Waals surface area contributed by atoms with Crippen LogP contribution in [0, 0.1) is 0 Å². The standard InChI is InChI=1S/C16H17N5O2S/c1-10(2)23-11-6-7-12(18-9-11)14-19-16(24-21-14)20-15-13(22-3)5-4-8-17-15/h4-10H,1-3H3,(H,17,19,20,21). The van der Waals surface area contributed by atoms with Gasteiger partial charge in [-0.3, -0.25) is 0 Å². The van der Waals surface area contributed by atoms with Gasteiger partial charge in [-0.2, -0.15) is 9.36 Å². The van der Waals surface area contributed by atoms with Crippen LogP contribution in [0.3, 0.4) is 0 Å². The summed E-state index contributed by atoms with van der Waals surface area (Å²) >= 11 is 1.23. The first-order valence-corrected chi connectivity index (χ1v) is 8.16. The number of rotatable bonds is 6. The van der Waals surface area contributed by atoms with Crippen molar-refractivity contribution in [3.63, 3.8) is 0 Å². The lowest BCUT2D eigenvalue weighted by atomic mass is 10.3. The summed E-state index contributed by atoms with van der Waals surface area (Å²) in [7, 11) is 1.60. The third kappa shape index (κ3) is 3.77. The fourth-order valence-corrected chi connectivity index (χ4v) is 2.56. The molecule has 3 heterocycles. The molecule has 0 amide bonds. The van der Waals surface area contributed by atoms with E-state index < -0.39 is 0 Å². The van der Waals surface area contributed by atoms with Crippen molar-refractivity contribution in [2.24, 2.45) is 0 Å². The Morgan fingerprint density at radius 1 is 1.17 bits per heavy atom. The molecule has 3 aromatic rings. The predicted octanol–water partition coefficient (Wildman–Crippen LogP) is 3.53. The van der Waals surface area contributed by atoms with Crippen molar-refractivity contribution < 1.29 is 9.47 Å². The highest BCUT2D eigenvalue weighted by Gasteiger charge is 2.11.